The molecule has 3 aromatic rings. The summed E-state index contributed by atoms with van der Waals surface area (Å²) in [4.78, 5) is 33.7. The molecular weight excluding hydrogens is 592 g/mol. The largest absolute Gasteiger partial charge is 0.289 e. The summed E-state index contributed by atoms with van der Waals surface area (Å²) in [6.45, 7) is 15.9. The van der Waals surface area contributed by atoms with Gasteiger partial charge in [-0.15, -0.1) is 0 Å². The fourth-order valence-electron chi connectivity index (χ4n) is 2.51. The molecule has 0 aliphatic heterocycles. The van der Waals surface area contributed by atoms with E-state index in [1.165, 1.54) is 0 Å². The first-order chi connectivity index (χ1) is 15.6. The summed E-state index contributed by atoms with van der Waals surface area (Å²) >= 11 is 0. The predicted molar refractivity (Wildman–Crippen MR) is 137 cm³/mol. The number of rotatable bonds is 6. The van der Waals surface area contributed by atoms with Gasteiger partial charge in [0.25, 0.3) is 0 Å². The van der Waals surface area contributed by atoms with Crippen LogP contribution in [0.25, 0.3) is 0 Å². The number of benzene rings is 3. The van der Waals surface area contributed by atoms with Crippen LogP contribution in [0.5, 0.6) is 0 Å². The van der Waals surface area contributed by atoms with Gasteiger partial charge in [-0.2, -0.15) is 0 Å². The molecule has 3 rings (SSSR count). The molecule has 3 aromatic carbocycles. The van der Waals surface area contributed by atoms with Crippen LogP contribution in [0.4, 0.5) is 0 Å². The first kappa shape index (κ1) is 30.6. The van der Waals surface area contributed by atoms with Gasteiger partial charge in [0.05, 0.1) is 0 Å². The number of ketones is 3. The van der Waals surface area contributed by atoms with Gasteiger partial charge in [-0.25, -0.2) is 0 Å². The van der Waals surface area contributed by atoms with Crippen molar-refractivity contribution in [2.75, 3.05) is 0 Å². The van der Waals surface area contributed by atoms with E-state index in [9.17, 15) is 14.4 Å². The zero-order valence-corrected chi connectivity index (χ0v) is 22.8. The van der Waals surface area contributed by atoms with E-state index >= 15 is 0 Å². The number of Topliss-reactive ketones (excluding diaryl/α,β-unsaturated/α-hetero) is 3. The molecule has 3 nitrogen and oxygen atoms in total. The fraction of sp³-hybridized carbons (Fsp3) is 0.100. The summed E-state index contributed by atoms with van der Waals surface area (Å²) in [5.41, 5.74) is 3.86. The van der Waals surface area contributed by atoms with E-state index in [2.05, 4.69) is 19.7 Å². The van der Waals surface area contributed by atoms with E-state index in [1.54, 1.807) is 57.2 Å². The van der Waals surface area contributed by atoms with Crippen LogP contribution in [0.15, 0.2) is 127 Å². The van der Waals surface area contributed by atoms with E-state index in [0.717, 1.165) is 0 Å². The normalized spacial score (nSPS) is 8.91. The third-order valence-electron chi connectivity index (χ3n) is 4.27. The monoisotopic (exact) mass is 622 g/mol. The van der Waals surface area contributed by atoms with Gasteiger partial charge < -0.3 is 0 Å². The zero-order valence-electron chi connectivity index (χ0n) is 19.9. The minimum Gasteiger partial charge on any atom is -0.289 e. The van der Waals surface area contributed by atoms with Crippen molar-refractivity contribution in [3.05, 3.63) is 144 Å². The van der Waals surface area contributed by atoms with Crippen LogP contribution >= 0.6 is 0 Å². The van der Waals surface area contributed by atoms with E-state index < -0.39 is 0 Å². The SMILES string of the molecule is C=C(C)C(=O)c1ccccc1.C=C(C)C(=O)c1ccccc1.C=C(C)C(=O)c1ccccc1.[W]. The zero-order chi connectivity index (χ0) is 24.8. The molecule has 0 fully saturated rings. The number of hydrogen-bond donors (Lipinski definition) is 0. The van der Waals surface area contributed by atoms with Crippen LogP contribution in [0.2, 0.25) is 0 Å². The summed E-state index contributed by atoms with van der Waals surface area (Å²) in [6, 6.07) is 27.4. The third-order valence-corrected chi connectivity index (χ3v) is 4.27. The second-order valence-corrected chi connectivity index (χ2v) is 7.43. The van der Waals surface area contributed by atoms with Gasteiger partial charge in [0.15, 0.2) is 17.3 Å². The minimum absolute atomic E-state index is 0. The van der Waals surface area contributed by atoms with Crippen LogP contribution in [-0.2, 0) is 21.1 Å². The van der Waals surface area contributed by atoms with Crippen LogP contribution in [0.1, 0.15) is 51.8 Å². The van der Waals surface area contributed by atoms with E-state index in [4.69, 9.17) is 0 Å². The quantitative estimate of drug-likeness (QED) is 0.214. The topological polar surface area (TPSA) is 51.2 Å². The third kappa shape index (κ3) is 10.9. The molecule has 0 aromatic heterocycles. The van der Waals surface area contributed by atoms with E-state index in [0.29, 0.717) is 33.4 Å². The average molecular weight is 622 g/mol. The number of hydrogen-bond acceptors (Lipinski definition) is 3. The Kier molecular flexibility index (Phi) is 14.6. The number of carbonyl (C=O) groups is 3. The summed E-state index contributed by atoms with van der Waals surface area (Å²) in [6.07, 6.45) is 0. The molecule has 0 heterocycles. The first-order valence-corrected chi connectivity index (χ1v) is 10.4. The average Bonchev–Trinajstić information content (AvgIpc) is 2.84. The Morgan fingerprint density at radius 1 is 0.441 bits per heavy atom. The van der Waals surface area contributed by atoms with Crippen molar-refractivity contribution in [2.24, 2.45) is 0 Å². The van der Waals surface area contributed by atoms with Gasteiger partial charge in [-0.1, -0.05) is 111 Å². The van der Waals surface area contributed by atoms with Crippen LogP contribution in [0, 0.1) is 0 Å². The van der Waals surface area contributed by atoms with Crippen molar-refractivity contribution >= 4 is 17.3 Å². The Morgan fingerprint density at radius 2 is 0.618 bits per heavy atom. The maximum Gasteiger partial charge on any atom is 0.188 e. The molecule has 0 N–H and O–H groups in total. The Hall–Kier alpha value is -3.42. The molecular formula is C30H30O3W. The maximum atomic E-state index is 11.2. The molecule has 174 valence electrons. The summed E-state index contributed by atoms with van der Waals surface area (Å²) in [5.74, 6) is 0.0572. The smallest absolute Gasteiger partial charge is 0.188 e. The fourth-order valence-corrected chi connectivity index (χ4v) is 2.51. The molecule has 4 heteroatoms. The van der Waals surface area contributed by atoms with Crippen LogP contribution < -0.4 is 0 Å². The summed E-state index contributed by atoms with van der Waals surface area (Å²) < 4.78 is 0. The second kappa shape index (κ2) is 16.2. The van der Waals surface area contributed by atoms with Crippen molar-refractivity contribution in [3.63, 3.8) is 0 Å². The van der Waals surface area contributed by atoms with Crippen molar-refractivity contribution in [3.8, 4) is 0 Å². The molecule has 0 bridgehead atoms. The maximum absolute atomic E-state index is 11.2. The van der Waals surface area contributed by atoms with Gasteiger partial charge in [0.1, 0.15) is 0 Å². The Bertz CT molecular complexity index is 969. The van der Waals surface area contributed by atoms with Crippen molar-refractivity contribution in [1.82, 2.24) is 0 Å². The summed E-state index contributed by atoms with van der Waals surface area (Å²) in [5, 5.41) is 0. The van der Waals surface area contributed by atoms with Crippen LogP contribution in [-0.4, -0.2) is 17.3 Å². The number of carbonyl (C=O) groups excluding carboxylic acids is 3. The molecule has 0 spiro atoms. The molecule has 0 amide bonds. The van der Waals surface area contributed by atoms with E-state index in [-0.39, 0.29) is 38.4 Å². The molecule has 0 saturated carbocycles. The van der Waals surface area contributed by atoms with Crippen molar-refractivity contribution in [2.45, 2.75) is 20.8 Å². The van der Waals surface area contributed by atoms with E-state index in [1.807, 2.05) is 54.6 Å². The summed E-state index contributed by atoms with van der Waals surface area (Å²) in [7, 11) is 0. The van der Waals surface area contributed by atoms with Gasteiger partial charge in [-0.3, -0.25) is 14.4 Å². The molecule has 0 radical (unpaired) electrons. The predicted octanol–water partition coefficient (Wildman–Crippen LogP) is 7.33. The standard InChI is InChI=1S/3C10H10O.W/c3*1-8(2)10(11)9-6-4-3-5-7-9;/h3*3-7H,1H2,2H3;. The van der Waals surface area contributed by atoms with Crippen molar-refractivity contribution in [1.29, 1.82) is 0 Å². The molecule has 34 heavy (non-hydrogen) atoms. The van der Waals surface area contributed by atoms with Crippen molar-refractivity contribution < 1.29 is 35.4 Å². The second-order valence-electron chi connectivity index (χ2n) is 7.43. The number of allylic oxidation sites excluding steroid dienone is 3. The Balaban J connectivity index is 0.000000473. The molecule has 0 aliphatic carbocycles. The van der Waals surface area contributed by atoms with Gasteiger partial charge in [-0.05, 0) is 37.5 Å². The Morgan fingerprint density at radius 3 is 0.765 bits per heavy atom. The molecule has 0 atom stereocenters. The molecule has 0 unspecified atom stereocenters. The van der Waals surface area contributed by atoms with Gasteiger partial charge >= 0.3 is 0 Å². The van der Waals surface area contributed by atoms with Gasteiger partial charge in [0, 0.05) is 37.8 Å². The molecule has 0 saturated heterocycles. The Labute approximate surface area is 217 Å². The van der Waals surface area contributed by atoms with Gasteiger partial charge in [0.2, 0.25) is 0 Å². The van der Waals surface area contributed by atoms with Crippen LogP contribution in [0.3, 0.4) is 0 Å². The first-order valence-electron chi connectivity index (χ1n) is 10.4. The molecule has 0 aliphatic rings. The minimum atomic E-state index is 0.